The number of methoxy groups -OCH3 is 1. The SMILES string of the molecule is COC(=O)c1ccccc1NC(=S)NCCc1ccccc1. The highest BCUT2D eigenvalue weighted by atomic mass is 32.1. The summed E-state index contributed by atoms with van der Waals surface area (Å²) >= 11 is 5.26. The van der Waals surface area contributed by atoms with Crippen LogP contribution in [0.3, 0.4) is 0 Å². The fraction of sp³-hybridized carbons (Fsp3) is 0.176. The summed E-state index contributed by atoms with van der Waals surface area (Å²) in [4.78, 5) is 11.7. The molecule has 0 amide bonds. The van der Waals surface area contributed by atoms with Gasteiger partial charge in [0.1, 0.15) is 0 Å². The van der Waals surface area contributed by atoms with Crippen molar-refractivity contribution in [1.29, 1.82) is 0 Å². The first-order valence-corrected chi connectivity index (χ1v) is 7.37. The van der Waals surface area contributed by atoms with E-state index in [-0.39, 0.29) is 0 Å². The fourth-order valence-electron chi connectivity index (χ4n) is 2.01. The van der Waals surface area contributed by atoms with Gasteiger partial charge in [0, 0.05) is 6.54 Å². The van der Waals surface area contributed by atoms with Crippen molar-refractivity contribution >= 4 is 29.0 Å². The lowest BCUT2D eigenvalue weighted by Gasteiger charge is -2.13. The zero-order valence-corrected chi connectivity index (χ0v) is 13.2. The van der Waals surface area contributed by atoms with E-state index in [4.69, 9.17) is 17.0 Å². The molecule has 2 aromatic carbocycles. The lowest BCUT2D eigenvalue weighted by atomic mass is 10.1. The number of anilines is 1. The Bertz CT molecular complexity index is 644. The van der Waals surface area contributed by atoms with Crippen LogP contribution in [-0.4, -0.2) is 24.7 Å². The summed E-state index contributed by atoms with van der Waals surface area (Å²) in [5, 5.41) is 6.64. The third-order valence-corrected chi connectivity index (χ3v) is 3.37. The summed E-state index contributed by atoms with van der Waals surface area (Å²) in [6, 6.07) is 17.3. The van der Waals surface area contributed by atoms with Crippen molar-refractivity contribution in [2.75, 3.05) is 19.0 Å². The predicted octanol–water partition coefficient (Wildman–Crippen LogP) is 3.00. The summed E-state index contributed by atoms with van der Waals surface area (Å²) in [5.74, 6) is -0.393. The molecule has 0 saturated heterocycles. The Morgan fingerprint density at radius 1 is 1.09 bits per heavy atom. The van der Waals surface area contributed by atoms with Gasteiger partial charge in [0.15, 0.2) is 5.11 Å². The average molecular weight is 314 g/mol. The van der Waals surface area contributed by atoms with Gasteiger partial charge in [-0.25, -0.2) is 4.79 Å². The molecular weight excluding hydrogens is 296 g/mol. The van der Waals surface area contributed by atoms with E-state index < -0.39 is 5.97 Å². The van der Waals surface area contributed by atoms with E-state index >= 15 is 0 Å². The number of carbonyl (C=O) groups is 1. The largest absolute Gasteiger partial charge is 0.465 e. The van der Waals surface area contributed by atoms with E-state index in [2.05, 4.69) is 22.8 Å². The molecular formula is C17H18N2O2S. The van der Waals surface area contributed by atoms with E-state index in [1.165, 1.54) is 12.7 Å². The first kappa shape index (κ1) is 16.0. The standard InChI is InChI=1S/C17H18N2O2S/c1-21-16(20)14-9-5-6-10-15(14)19-17(22)18-12-11-13-7-3-2-4-8-13/h2-10H,11-12H2,1H3,(H2,18,19,22). The molecule has 0 unspecified atom stereocenters. The van der Waals surface area contributed by atoms with Gasteiger partial charge in [0.25, 0.3) is 0 Å². The molecule has 0 radical (unpaired) electrons. The van der Waals surface area contributed by atoms with Crippen LogP contribution >= 0.6 is 12.2 Å². The molecule has 22 heavy (non-hydrogen) atoms. The highest BCUT2D eigenvalue weighted by Gasteiger charge is 2.11. The minimum Gasteiger partial charge on any atom is -0.465 e. The first-order valence-electron chi connectivity index (χ1n) is 6.97. The molecule has 4 nitrogen and oxygen atoms in total. The quantitative estimate of drug-likeness (QED) is 0.656. The summed E-state index contributed by atoms with van der Waals surface area (Å²) < 4.78 is 4.75. The van der Waals surface area contributed by atoms with Crippen LogP contribution in [0, 0.1) is 0 Å². The molecule has 0 aliphatic carbocycles. The molecule has 0 aromatic heterocycles. The minimum atomic E-state index is -0.393. The summed E-state index contributed by atoms with van der Waals surface area (Å²) in [5.41, 5.74) is 2.33. The van der Waals surface area contributed by atoms with Gasteiger partial charge in [0.05, 0.1) is 18.4 Å². The normalized spacial score (nSPS) is 9.86. The molecule has 114 valence electrons. The van der Waals surface area contributed by atoms with Gasteiger partial charge in [0.2, 0.25) is 0 Å². The van der Waals surface area contributed by atoms with Crippen LogP contribution < -0.4 is 10.6 Å². The Morgan fingerprint density at radius 3 is 2.50 bits per heavy atom. The Balaban J connectivity index is 1.88. The molecule has 2 rings (SSSR count). The number of thiocarbonyl (C=S) groups is 1. The molecule has 0 fully saturated rings. The second-order valence-electron chi connectivity index (χ2n) is 4.65. The molecule has 0 atom stereocenters. The van der Waals surface area contributed by atoms with Crippen LogP contribution in [0.25, 0.3) is 0 Å². The fourth-order valence-corrected chi connectivity index (χ4v) is 2.22. The van der Waals surface area contributed by atoms with Crippen LogP contribution in [0.5, 0.6) is 0 Å². The van der Waals surface area contributed by atoms with Crippen LogP contribution in [0.15, 0.2) is 54.6 Å². The zero-order valence-electron chi connectivity index (χ0n) is 12.3. The predicted molar refractivity (Wildman–Crippen MR) is 92.2 cm³/mol. The Labute approximate surface area is 135 Å². The number of rotatable bonds is 5. The van der Waals surface area contributed by atoms with Gasteiger partial charge in [-0.1, -0.05) is 42.5 Å². The van der Waals surface area contributed by atoms with Crippen LogP contribution in [0.2, 0.25) is 0 Å². The van der Waals surface area contributed by atoms with Gasteiger partial charge < -0.3 is 15.4 Å². The van der Waals surface area contributed by atoms with Crippen molar-refractivity contribution in [3.63, 3.8) is 0 Å². The monoisotopic (exact) mass is 314 g/mol. The zero-order chi connectivity index (χ0) is 15.8. The molecule has 0 heterocycles. The van der Waals surface area contributed by atoms with E-state index in [1.807, 2.05) is 24.3 Å². The summed E-state index contributed by atoms with van der Waals surface area (Å²) in [6.45, 7) is 0.718. The van der Waals surface area contributed by atoms with Gasteiger partial charge in [-0.15, -0.1) is 0 Å². The molecule has 5 heteroatoms. The van der Waals surface area contributed by atoms with Crippen molar-refractivity contribution in [3.05, 3.63) is 65.7 Å². The highest BCUT2D eigenvalue weighted by molar-refractivity contribution is 7.80. The molecule has 0 saturated carbocycles. The summed E-state index contributed by atoms with van der Waals surface area (Å²) in [6.07, 6.45) is 0.876. The Morgan fingerprint density at radius 2 is 1.77 bits per heavy atom. The third-order valence-electron chi connectivity index (χ3n) is 3.12. The van der Waals surface area contributed by atoms with E-state index in [1.54, 1.807) is 18.2 Å². The van der Waals surface area contributed by atoms with E-state index in [0.29, 0.717) is 16.4 Å². The van der Waals surface area contributed by atoms with Crippen molar-refractivity contribution in [2.24, 2.45) is 0 Å². The highest BCUT2D eigenvalue weighted by Crippen LogP contribution is 2.15. The van der Waals surface area contributed by atoms with Crippen molar-refractivity contribution in [3.8, 4) is 0 Å². The molecule has 0 aliphatic rings. The number of carbonyl (C=O) groups excluding carboxylic acids is 1. The number of hydrogen-bond donors (Lipinski definition) is 2. The van der Waals surface area contributed by atoms with Gasteiger partial charge in [-0.3, -0.25) is 0 Å². The maximum absolute atomic E-state index is 11.7. The van der Waals surface area contributed by atoms with Gasteiger partial charge in [-0.2, -0.15) is 0 Å². The Hall–Kier alpha value is -2.40. The van der Waals surface area contributed by atoms with E-state index in [9.17, 15) is 4.79 Å². The van der Waals surface area contributed by atoms with Crippen molar-refractivity contribution < 1.29 is 9.53 Å². The molecule has 2 N–H and O–H groups in total. The smallest absolute Gasteiger partial charge is 0.339 e. The van der Waals surface area contributed by atoms with Crippen LogP contribution in [-0.2, 0) is 11.2 Å². The van der Waals surface area contributed by atoms with Crippen LogP contribution in [0.4, 0.5) is 5.69 Å². The maximum atomic E-state index is 11.7. The maximum Gasteiger partial charge on any atom is 0.339 e. The molecule has 0 spiro atoms. The number of ether oxygens (including phenoxy) is 1. The first-order chi connectivity index (χ1) is 10.7. The number of benzene rings is 2. The van der Waals surface area contributed by atoms with Gasteiger partial charge in [-0.05, 0) is 36.3 Å². The number of para-hydroxylation sites is 1. The second kappa shape index (κ2) is 8.14. The number of nitrogens with one attached hydrogen (secondary N) is 2. The topological polar surface area (TPSA) is 50.4 Å². The molecule has 0 bridgehead atoms. The lowest BCUT2D eigenvalue weighted by Crippen LogP contribution is -2.30. The number of hydrogen-bond acceptors (Lipinski definition) is 3. The third kappa shape index (κ3) is 4.56. The van der Waals surface area contributed by atoms with Crippen molar-refractivity contribution in [2.45, 2.75) is 6.42 Å². The second-order valence-corrected chi connectivity index (χ2v) is 5.06. The van der Waals surface area contributed by atoms with E-state index in [0.717, 1.165) is 13.0 Å². The summed E-state index contributed by atoms with van der Waals surface area (Å²) in [7, 11) is 1.36. The van der Waals surface area contributed by atoms with Crippen molar-refractivity contribution in [1.82, 2.24) is 5.32 Å². The minimum absolute atomic E-state index is 0.393. The average Bonchev–Trinajstić information content (AvgIpc) is 2.55. The number of esters is 1. The Kier molecular flexibility index (Phi) is 5.91. The lowest BCUT2D eigenvalue weighted by molar-refractivity contribution is 0.0602. The molecule has 2 aromatic rings. The van der Waals surface area contributed by atoms with Gasteiger partial charge >= 0.3 is 5.97 Å². The van der Waals surface area contributed by atoms with Crippen LogP contribution in [0.1, 0.15) is 15.9 Å². The molecule has 0 aliphatic heterocycles.